The highest BCUT2D eigenvalue weighted by Gasteiger charge is 2.11. The van der Waals surface area contributed by atoms with E-state index < -0.39 is 0 Å². The van der Waals surface area contributed by atoms with Crippen LogP contribution in [0.4, 0.5) is 5.69 Å². The third-order valence-corrected chi connectivity index (χ3v) is 3.49. The number of aryl methyl sites for hydroxylation is 1. The van der Waals surface area contributed by atoms with Crippen LogP contribution >= 0.6 is 0 Å². The largest absolute Gasteiger partial charge is 0.384 e. The number of anilines is 1. The number of benzene rings is 2. The van der Waals surface area contributed by atoms with Crippen molar-refractivity contribution in [2.75, 3.05) is 11.9 Å². The summed E-state index contributed by atoms with van der Waals surface area (Å²) in [5.74, 6) is 0.425. The molecule has 0 aliphatic carbocycles. The van der Waals surface area contributed by atoms with Crippen LogP contribution in [0.25, 0.3) is 10.8 Å². The fourth-order valence-electron chi connectivity index (χ4n) is 2.13. The van der Waals surface area contributed by atoms with Crippen molar-refractivity contribution >= 4 is 16.5 Å². The number of nitrogens with zero attached hydrogens (tertiary/aromatic N) is 1. The first-order valence-corrected chi connectivity index (χ1v) is 6.74. The Labute approximate surface area is 115 Å². The maximum Gasteiger partial charge on any atom is 0.0677 e. The number of rotatable bonds is 4. The van der Waals surface area contributed by atoms with Crippen molar-refractivity contribution < 1.29 is 0 Å². The van der Waals surface area contributed by atoms with E-state index in [4.69, 9.17) is 5.26 Å². The quantitative estimate of drug-likeness (QED) is 0.877. The molecule has 0 saturated carbocycles. The summed E-state index contributed by atoms with van der Waals surface area (Å²) in [5.41, 5.74) is 2.36. The van der Waals surface area contributed by atoms with Crippen molar-refractivity contribution in [1.82, 2.24) is 0 Å². The van der Waals surface area contributed by atoms with Gasteiger partial charge in [0.2, 0.25) is 0 Å². The fraction of sp³-hybridized carbons (Fsp3) is 0.353. The molecule has 2 aromatic rings. The molecule has 2 nitrogen and oxygen atoms in total. The van der Waals surface area contributed by atoms with Crippen molar-refractivity contribution in [3.05, 3.63) is 42.0 Å². The number of fused-ring (bicyclic) bond motifs is 1. The lowest BCUT2D eigenvalue weighted by Gasteiger charge is -2.15. The van der Waals surface area contributed by atoms with Gasteiger partial charge in [0.25, 0.3) is 0 Å². The highest BCUT2D eigenvalue weighted by molar-refractivity contribution is 5.86. The number of nitriles is 1. The second-order valence-corrected chi connectivity index (χ2v) is 5.43. The highest BCUT2D eigenvalue weighted by atomic mass is 14.9. The standard InChI is InChI=1S/C17H20N2/c1-12(2)16(10-18)11-19-17-7-6-14-8-13(3)4-5-15(14)9-17/h4-9,12,16,19H,11H2,1-3H3. The summed E-state index contributed by atoms with van der Waals surface area (Å²) in [5, 5.41) is 14.9. The Kier molecular flexibility index (Phi) is 4.06. The first kappa shape index (κ1) is 13.4. The van der Waals surface area contributed by atoms with Gasteiger partial charge in [0.1, 0.15) is 0 Å². The van der Waals surface area contributed by atoms with E-state index in [2.05, 4.69) is 68.6 Å². The Bertz CT molecular complexity index is 608. The molecule has 0 aliphatic heterocycles. The van der Waals surface area contributed by atoms with E-state index in [1.807, 2.05) is 0 Å². The molecule has 0 saturated heterocycles. The van der Waals surface area contributed by atoms with Gasteiger partial charge >= 0.3 is 0 Å². The molecular formula is C17H20N2. The van der Waals surface area contributed by atoms with Crippen LogP contribution in [0.1, 0.15) is 19.4 Å². The number of hydrogen-bond acceptors (Lipinski definition) is 2. The maximum atomic E-state index is 9.09. The lowest BCUT2D eigenvalue weighted by molar-refractivity contribution is 0.496. The predicted molar refractivity (Wildman–Crippen MR) is 81.1 cm³/mol. The molecule has 2 heteroatoms. The number of nitrogens with one attached hydrogen (secondary N) is 1. The lowest BCUT2D eigenvalue weighted by atomic mass is 9.97. The first-order valence-electron chi connectivity index (χ1n) is 6.74. The Morgan fingerprint density at radius 1 is 1.11 bits per heavy atom. The third kappa shape index (κ3) is 3.26. The van der Waals surface area contributed by atoms with E-state index in [1.54, 1.807) is 0 Å². The summed E-state index contributed by atoms with van der Waals surface area (Å²) in [6.07, 6.45) is 0. The predicted octanol–water partition coefficient (Wildman–Crippen LogP) is 4.36. The first-order chi connectivity index (χ1) is 9.10. The topological polar surface area (TPSA) is 35.8 Å². The summed E-state index contributed by atoms with van der Waals surface area (Å²) < 4.78 is 0. The van der Waals surface area contributed by atoms with Crippen LogP contribution in [0.5, 0.6) is 0 Å². The summed E-state index contributed by atoms with van der Waals surface area (Å²) in [7, 11) is 0. The maximum absolute atomic E-state index is 9.09. The van der Waals surface area contributed by atoms with Crippen molar-refractivity contribution in [3.8, 4) is 6.07 Å². The zero-order valence-corrected chi connectivity index (χ0v) is 11.8. The molecule has 0 aromatic heterocycles. The van der Waals surface area contributed by atoms with Crippen LogP contribution in [-0.4, -0.2) is 6.54 Å². The Hall–Kier alpha value is -2.01. The van der Waals surface area contributed by atoms with Crippen LogP contribution in [0.3, 0.4) is 0 Å². The van der Waals surface area contributed by atoms with Crippen molar-refractivity contribution in [3.63, 3.8) is 0 Å². The second kappa shape index (κ2) is 5.75. The van der Waals surface area contributed by atoms with Gasteiger partial charge < -0.3 is 5.32 Å². The van der Waals surface area contributed by atoms with Gasteiger partial charge in [0.15, 0.2) is 0 Å². The molecule has 2 aromatic carbocycles. The summed E-state index contributed by atoms with van der Waals surface area (Å²) in [6.45, 7) is 6.97. The lowest BCUT2D eigenvalue weighted by Crippen LogP contribution is -2.17. The molecule has 0 radical (unpaired) electrons. The molecule has 0 bridgehead atoms. The molecule has 0 aliphatic rings. The van der Waals surface area contributed by atoms with Crippen molar-refractivity contribution in [1.29, 1.82) is 5.26 Å². The van der Waals surface area contributed by atoms with Gasteiger partial charge in [0, 0.05) is 12.2 Å². The van der Waals surface area contributed by atoms with Gasteiger partial charge in [-0.3, -0.25) is 0 Å². The highest BCUT2D eigenvalue weighted by Crippen LogP contribution is 2.21. The molecule has 0 amide bonds. The molecule has 0 fully saturated rings. The van der Waals surface area contributed by atoms with E-state index in [9.17, 15) is 0 Å². The monoisotopic (exact) mass is 252 g/mol. The van der Waals surface area contributed by atoms with Crippen LogP contribution in [0.2, 0.25) is 0 Å². The van der Waals surface area contributed by atoms with Crippen LogP contribution in [0, 0.1) is 30.1 Å². The molecule has 1 N–H and O–H groups in total. The summed E-state index contributed by atoms with van der Waals surface area (Å²) in [4.78, 5) is 0. The van der Waals surface area contributed by atoms with E-state index in [1.165, 1.54) is 16.3 Å². The Morgan fingerprint density at radius 2 is 1.79 bits per heavy atom. The molecular weight excluding hydrogens is 232 g/mol. The molecule has 0 heterocycles. The van der Waals surface area contributed by atoms with Crippen LogP contribution in [0.15, 0.2) is 36.4 Å². The van der Waals surface area contributed by atoms with E-state index in [0.717, 1.165) is 5.69 Å². The van der Waals surface area contributed by atoms with Gasteiger partial charge in [-0.15, -0.1) is 0 Å². The van der Waals surface area contributed by atoms with E-state index in [-0.39, 0.29) is 5.92 Å². The minimum atomic E-state index is 0.0497. The Balaban J connectivity index is 2.14. The average Bonchev–Trinajstić information content (AvgIpc) is 2.39. The zero-order chi connectivity index (χ0) is 13.8. The van der Waals surface area contributed by atoms with Gasteiger partial charge in [0.05, 0.1) is 12.0 Å². The third-order valence-electron chi connectivity index (χ3n) is 3.49. The zero-order valence-electron chi connectivity index (χ0n) is 11.8. The number of hydrogen-bond donors (Lipinski definition) is 1. The molecule has 2 rings (SSSR count). The minimum absolute atomic E-state index is 0.0497. The Morgan fingerprint density at radius 3 is 2.47 bits per heavy atom. The van der Waals surface area contributed by atoms with Gasteiger partial charge in [-0.05, 0) is 35.7 Å². The van der Waals surface area contributed by atoms with Gasteiger partial charge in [-0.2, -0.15) is 5.26 Å². The van der Waals surface area contributed by atoms with Crippen LogP contribution < -0.4 is 5.32 Å². The SMILES string of the molecule is Cc1ccc2cc(NCC(C#N)C(C)C)ccc2c1. The van der Waals surface area contributed by atoms with Gasteiger partial charge in [-0.1, -0.05) is 43.7 Å². The average molecular weight is 252 g/mol. The van der Waals surface area contributed by atoms with E-state index >= 15 is 0 Å². The molecule has 98 valence electrons. The molecule has 1 atom stereocenters. The second-order valence-electron chi connectivity index (χ2n) is 5.43. The summed E-state index contributed by atoms with van der Waals surface area (Å²) >= 11 is 0. The smallest absolute Gasteiger partial charge is 0.0677 e. The van der Waals surface area contributed by atoms with Crippen molar-refractivity contribution in [2.24, 2.45) is 11.8 Å². The minimum Gasteiger partial charge on any atom is -0.384 e. The van der Waals surface area contributed by atoms with Crippen molar-refractivity contribution in [2.45, 2.75) is 20.8 Å². The normalized spacial score (nSPS) is 12.4. The molecule has 19 heavy (non-hydrogen) atoms. The van der Waals surface area contributed by atoms with Gasteiger partial charge in [-0.25, -0.2) is 0 Å². The summed E-state index contributed by atoms with van der Waals surface area (Å²) in [6, 6.07) is 15.2. The molecule has 0 spiro atoms. The van der Waals surface area contributed by atoms with E-state index in [0.29, 0.717) is 12.5 Å². The van der Waals surface area contributed by atoms with Crippen LogP contribution in [-0.2, 0) is 0 Å². The fourth-order valence-corrected chi connectivity index (χ4v) is 2.13. The molecule has 1 unspecified atom stereocenters.